The summed E-state index contributed by atoms with van der Waals surface area (Å²) in [6.07, 6.45) is 4.85. The largest absolute Gasteiger partial charge is 0.385 e. The van der Waals surface area contributed by atoms with Crippen molar-refractivity contribution >= 4 is 11.6 Å². The summed E-state index contributed by atoms with van der Waals surface area (Å²) in [5.74, 6) is 0. The molecule has 0 atom stereocenters. The Hall–Kier alpha value is -0.600. The molecule has 0 spiro atoms. The van der Waals surface area contributed by atoms with E-state index < -0.39 is 5.60 Å². The fraction of sp³-hybridized carbons (Fsp3) is 0.375. The highest BCUT2D eigenvalue weighted by atomic mass is 35.5. The summed E-state index contributed by atoms with van der Waals surface area (Å²) >= 11 is 5.83. The molecule has 2 rings (SSSR count). The van der Waals surface area contributed by atoms with Crippen LogP contribution >= 0.6 is 11.6 Å². The lowest BCUT2D eigenvalue weighted by atomic mass is 10.1. The lowest BCUT2D eigenvalue weighted by Gasteiger charge is -2.08. The van der Waals surface area contributed by atoms with E-state index in [0.29, 0.717) is 5.02 Å². The Morgan fingerprint density at radius 3 is 2.82 bits per heavy atom. The first-order valence-electron chi connectivity index (χ1n) is 3.55. The minimum absolute atomic E-state index is 0.563. The monoisotopic (exact) mass is 169 g/mol. The van der Waals surface area contributed by atoms with Gasteiger partial charge in [-0.2, -0.15) is 0 Å². The zero-order chi connectivity index (χ0) is 7.90. The quantitative estimate of drug-likeness (QED) is 0.695. The van der Waals surface area contributed by atoms with Crippen LogP contribution in [0.25, 0.3) is 0 Å². The van der Waals surface area contributed by atoms with E-state index in [-0.39, 0.29) is 0 Å². The Balaban J connectivity index is 2.45. The molecule has 0 unspecified atom stereocenters. The van der Waals surface area contributed by atoms with Crippen LogP contribution in [0.3, 0.4) is 0 Å². The number of aromatic nitrogens is 1. The normalized spacial score (nSPS) is 19.8. The Morgan fingerprint density at radius 1 is 1.55 bits per heavy atom. The van der Waals surface area contributed by atoms with E-state index in [2.05, 4.69) is 4.98 Å². The maximum Gasteiger partial charge on any atom is 0.0914 e. The van der Waals surface area contributed by atoms with Crippen LogP contribution in [0, 0.1) is 0 Å². The van der Waals surface area contributed by atoms with E-state index in [9.17, 15) is 5.11 Å². The van der Waals surface area contributed by atoms with Gasteiger partial charge in [-0.05, 0) is 18.9 Å². The molecule has 1 saturated carbocycles. The van der Waals surface area contributed by atoms with E-state index in [1.807, 2.05) is 0 Å². The van der Waals surface area contributed by atoms with Crippen LogP contribution in [0.4, 0.5) is 0 Å². The zero-order valence-corrected chi connectivity index (χ0v) is 6.67. The second-order valence-electron chi connectivity index (χ2n) is 2.89. The van der Waals surface area contributed by atoms with Crippen molar-refractivity contribution in [3.8, 4) is 0 Å². The van der Waals surface area contributed by atoms with Crippen LogP contribution in [0.15, 0.2) is 18.5 Å². The lowest BCUT2D eigenvalue weighted by Crippen LogP contribution is -2.04. The summed E-state index contributed by atoms with van der Waals surface area (Å²) < 4.78 is 0. The second kappa shape index (κ2) is 2.19. The number of hydrogen-bond acceptors (Lipinski definition) is 2. The molecule has 2 nitrogen and oxygen atoms in total. The average molecular weight is 170 g/mol. The Kier molecular flexibility index (Phi) is 1.41. The highest BCUT2D eigenvalue weighted by Crippen LogP contribution is 2.47. The molecule has 0 bridgehead atoms. The van der Waals surface area contributed by atoms with Gasteiger partial charge in [0.05, 0.1) is 10.6 Å². The predicted molar refractivity (Wildman–Crippen MR) is 42.4 cm³/mol. The molecule has 1 aromatic rings. The van der Waals surface area contributed by atoms with Crippen molar-refractivity contribution in [2.75, 3.05) is 0 Å². The number of pyridine rings is 1. The maximum absolute atomic E-state index is 9.67. The summed E-state index contributed by atoms with van der Waals surface area (Å²) in [5, 5.41) is 10.2. The van der Waals surface area contributed by atoms with Crippen LogP contribution in [0.5, 0.6) is 0 Å². The lowest BCUT2D eigenvalue weighted by molar-refractivity contribution is 0.151. The molecule has 1 aliphatic carbocycles. The van der Waals surface area contributed by atoms with Gasteiger partial charge in [0.25, 0.3) is 0 Å². The van der Waals surface area contributed by atoms with Crippen LogP contribution in [0.1, 0.15) is 18.4 Å². The van der Waals surface area contributed by atoms with Crippen LogP contribution in [-0.4, -0.2) is 10.1 Å². The molecule has 58 valence electrons. The van der Waals surface area contributed by atoms with Crippen molar-refractivity contribution < 1.29 is 5.11 Å². The number of aliphatic hydroxyl groups is 1. The third-order valence-corrected chi connectivity index (χ3v) is 2.30. The minimum Gasteiger partial charge on any atom is -0.385 e. The van der Waals surface area contributed by atoms with Crippen molar-refractivity contribution in [2.24, 2.45) is 0 Å². The third kappa shape index (κ3) is 1.12. The van der Waals surface area contributed by atoms with Crippen LogP contribution in [-0.2, 0) is 5.60 Å². The Bertz CT molecular complexity index is 283. The first-order valence-corrected chi connectivity index (χ1v) is 3.92. The molecule has 0 amide bonds. The molecule has 1 N–H and O–H groups in total. The van der Waals surface area contributed by atoms with Gasteiger partial charge in [0.1, 0.15) is 0 Å². The summed E-state index contributed by atoms with van der Waals surface area (Å²) in [4.78, 5) is 3.84. The van der Waals surface area contributed by atoms with Gasteiger partial charge in [0, 0.05) is 18.0 Å². The molecule has 0 aromatic carbocycles. The number of nitrogens with zero attached hydrogens (tertiary/aromatic N) is 1. The molecule has 0 radical (unpaired) electrons. The molecule has 1 heterocycles. The molecular formula is C8H8ClNO. The number of rotatable bonds is 1. The predicted octanol–water partition coefficient (Wildman–Crippen LogP) is 1.72. The minimum atomic E-state index is -0.639. The highest BCUT2D eigenvalue weighted by Gasteiger charge is 2.43. The van der Waals surface area contributed by atoms with Gasteiger partial charge in [0.15, 0.2) is 0 Å². The van der Waals surface area contributed by atoms with Crippen molar-refractivity contribution in [1.82, 2.24) is 4.98 Å². The van der Waals surface area contributed by atoms with E-state index in [4.69, 9.17) is 11.6 Å². The van der Waals surface area contributed by atoms with Crippen molar-refractivity contribution in [1.29, 1.82) is 0 Å². The van der Waals surface area contributed by atoms with Gasteiger partial charge in [-0.25, -0.2) is 0 Å². The standard InChI is InChI=1S/C8H8ClNO/c9-7-5-10-4-1-6(7)8(11)2-3-8/h1,4-5,11H,2-3H2. The zero-order valence-electron chi connectivity index (χ0n) is 5.92. The van der Waals surface area contributed by atoms with Crippen molar-refractivity contribution in [3.05, 3.63) is 29.0 Å². The first kappa shape index (κ1) is 7.07. The maximum atomic E-state index is 9.67. The Morgan fingerprint density at radius 2 is 2.27 bits per heavy atom. The summed E-state index contributed by atoms with van der Waals surface area (Å²) in [5.41, 5.74) is 0.175. The number of hydrogen-bond donors (Lipinski definition) is 1. The van der Waals surface area contributed by atoms with Crippen LogP contribution < -0.4 is 0 Å². The Labute approximate surface area is 69.8 Å². The summed E-state index contributed by atoms with van der Waals surface area (Å²) in [6.45, 7) is 0. The van der Waals surface area contributed by atoms with Gasteiger partial charge in [-0.15, -0.1) is 0 Å². The molecular weight excluding hydrogens is 162 g/mol. The van der Waals surface area contributed by atoms with Gasteiger partial charge >= 0.3 is 0 Å². The SMILES string of the molecule is OC1(c2ccncc2Cl)CC1. The van der Waals surface area contributed by atoms with Gasteiger partial charge < -0.3 is 5.11 Å². The molecule has 1 fully saturated rings. The summed E-state index contributed by atoms with van der Waals surface area (Å²) in [6, 6.07) is 1.77. The fourth-order valence-electron chi connectivity index (χ4n) is 1.14. The molecule has 11 heavy (non-hydrogen) atoms. The van der Waals surface area contributed by atoms with E-state index >= 15 is 0 Å². The first-order chi connectivity index (χ1) is 5.22. The second-order valence-corrected chi connectivity index (χ2v) is 3.29. The molecule has 1 aromatic heterocycles. The van der Waals surface area contributed by atoms with E-state index in [0.717, 1.165) is 18.4 Å². The smallest absolute Gasteiger partial charge is 0.0914 e. The fourth-order valence-corrected chi connectivity index (χ4v) is 1.44. The molecule has 0 aliphatic heterocycles. The van der Waals surface area contributed by atoms with Gasteiger partial charge in [-0.1, -0.05) is 11.6 Å². The molecule has 0 saturated heterocycles. The topological polar surface area (TPSA) is 33.1 Å². The average Bonchev–Trinajstić information content (AvgIpc) is 2.70. The summed E-state index contributed by atoms with van der Waals surface area (Å²) in [7, 11) is 0. The van der Waals surface area contributed by atoms with Crippen molar-refractivity contribution in [2.45, 2.75) is 18.4 Å². The number of halogens is 1. The van der Waals surface area contributed by atoms with Crippen LogP contribution in [0.2, 0.25) is 5.02 Å². The van der Waals surface area contributed by atoms with Gasteiger partial charge in [-0.3, -0.25) is 4.98 Å². The van der Waals surface area contributed by atoms with Gasteiger partial charge in [0.2, 0.25) is 0 Å². The van der Waals surface area contributed by atoms with E-state index in [1.54, 1.807) is 18.5 Å². The van der Waals surface area contributed by atoms with E-state index in [1.165, 1.54) is 0 Å². The third-order valence-electron chi connectivity index (χ3n) is 2.00. The molecule has 3 heteroatoms. The van der Waals surface area contributed by atoms with Crippen molar-refractivity contribution in [3.63, 3.8) is 0 Å². The molecule has 1 aliphatic rings. The highest BCUT2D eigenvalue weighted by molar-refractivity contribution is 6.31.